The summed E-state index contributed by atoms with van der Waals surface area (Å²) in [6.07, 6.45) is 0. The molecule has 10 heavy (non-hydrogen) atoms. The minimum absolute atomic E-state index is 0.0455. The molecule has 0 aliphatic carbocycles. The fourth-order valence-electron chi connectivity index (χ4n) is 0.272. The lowest BCUT2D eigenvalue weighted by atomic mass is 10.2. The first kappa shape index (κ1) is 10.1. The Labute approximate surface area is 73.4 Å². The van der Waals surface area contributed by atoms with Crippen molar-refractivity contribution in [3.8, 4) is 0 Å². The van der Waals surface area contributed by atoms with Crippen molar-refractivity contribution in [3.05, 3.63) is 9.52 Å². The normalized spacial score (nSPS) is 12.4. The van der Waals surface area contributed by atoms with Gasteiger partial charge in [-0.15, -0.1) is 0 Å². The Morgan fingerprint density at radius 2 is 1.80 bits per heavy atom. The Balaban J connectivity index is 4.37. The zero-order valence-electron chi connectivity index (χ0n) is 5.07. The van der Waals surface area contributed by atoms with Crippen LogP contribution in [0, 0.1) is 5.92 Å². The quantitative estimate of drug-likeness (QED) is 0.749. The molecule has 0 aromatic rings. The van der Waals surface area contributed by atoms with Crippen LogP contribution in [0.5, 0.6) is 0 Å². The third kappa shape index (κ3) is 2.78. The molecule has 58 valence electrons. The highest BCUT2D eigenvalue weighted by Crippen LogP contribution is 2.24. The number of carboxylic acids is 1. The molecule has 0 aromatic carbocycles. The van der Waals surface area contributed by atoms with Crippen LogP contribution in [-0.4, -0.2) is 11.1 Å². The van der Waals surface area contributed by atoms with Crippen LogP contribution >= 0.6 is 34.8 Å². The second kappa shape index (κ2) is 4.06. The molecule has 1 N–H and O–H groups in total. The number of hydrogen-bond donors (Lipinski definition) is 1. The number of halogens is 3. The van der Waals surface area contributed by atoms with Gasteiger partial charge in [0, 0.05) is 0 Å². The molecule has 0 saturated heterocycles. The maximum atomic E-state index is 10.2. The molecular weight excluding hydrogens is 198 g/mol. The van der Waals surface area contributed by atoms with Crippen molar-refractivity contribution in [3.63, 3.8) is 0 Å². The third-order valence-corrected chi connectivity index (χ3v) is 2.05. The van der Waals surface area contributed by atoms with Crippen LogP contribution in [0.3, 0.4) is 0 Å². The molecule has 2 nitrogen and oxygen atoms in total. The molecule has 0 bridgehead atoms. The van der Waals surface area contributed by atoms with Crippen molar-refractivity contribution in [2.24, 2.45) is 5.92 Å². The summed E-state index contributed by atoms with van der Waals surface area (Å²) < 4.78 is -0.198. The minimum Gasteiger partial charge on any atom is -0.481 e. The van der Waals surface area contributed by atoms with E-state index in [4.69, 9.17) is 39.9 Å². The van der Waals surface area contributed by atoms with Crippen molar-refractivity contribution in [1.82, 2.24) is 0 Å². The van der Waals surface area contributed by atoms with Crippen LogP contribution in [0.15, 0.2) is 9.52 Å². The van der Waals surface area contributed by atoms with E-state index in [0.717, 1.165) is 0 Å². The van der Waals surface area contributed by atoms with E-state index in [1.807, 2.05) is 0 Å². The van der Waals surface area contributed by atoms with Gasteiger partial charge in [0.05, 0.1) is 11.0 Å². The first-order chi connectivity index (χ1) is 4.46. The van der Waals surface area contributed by atoms with E-state index in [9.17, 15) is 4.79 Å². The smallest absolute Gasteiger partial charge is 0.311 e. The van der Waals surface area contributed by atoms with Crippen LogP contribution < -0.4 is 0 Å². The van der Waals surface area contributed by atoms with E-state index < -0.39 is 11.9 Å². The lowest BCUT2D eigenvalue weighted by molar-refractivity contribution is -0.139. The zero-order chi connectivity index (χ0) is 8.31. The molecule has 0 aliphatic rings. The van der Waals surface area contributed by atoms with Crippen molar-refractivity contribution < 1.29 is 9.90 Å². The van der Waals surface area contributed by atoms with E-state index in [0.29, 0.717) is 0 Å². The number of carbonyl (C=O) groups is 1. The highest BCUT2D eigenvalue weighted by atomic mass is 35.5. The van der Waals surface area contributed by atoms with Gasteiger partial charge >= 0.3 is 5.97 Å². The molecule has 0 aliphatic heterocycles. The standard InChI is InChI=1S/C5H5Cl3O2/c1-2(5(9)10)3(6)4(7)8/h2H,1H3,(H,9,10). The van der Waals surface area contributed by atoms with Crippen LogP contribution in [0.25, 0.3) is 0 Å². The van der Waals surface area contributed by atoms with Gasteiger partial charge in [-0.1, -0.05) is 34.8 Å². The SMILES string of the molecule is CC(C(=O)O)C(Cl)=C(Cl)Cl. The van der Waals surface area contributed by atoms with Crippen molar-refractivity contribution in [2.45, 2.75) is 6.92 Å². The molecule has 0 rings (SSSR count). The average Bonchev–Trinajstić information content (AvgIpc) is 1.84. The molecule has 0 heterocycles. The van der Waals surface area contributed by atoms with Crippen molar-refractivity contribution in [1.29, 1.82) is 0 Å². The first-order valence-corrected chi connectivity index (χ1v) is 3.53. The topological polar surface area (TPSA) is 37.3 Å². The number of aliphatic carboxylic acids is 1. The molecule has 0 saturated carbocycles. The molecule has 0 aromatic heterocycles. The summed E-state index contributed by atoms with van der Waals surface area (Å²) in [6, 6.07) is 0. The van der Waals surface area contributed by atoms with Crippen molar-refractivity contribution in [2.75, 3.05) is 0 Å². The van der Waals surface area contributed by atoms with E-state index in [2.05, 4.69) is 0 Å². The Morgan fingerprint density at radius 3 is 1.90 bits per heavy atom. The predicted octanol–water partition coefficient (Wildman–Crippen LogP) is 2.59. The summed E-state index contributed by atoms with van der Waals surface area (Å²) in [5.74, 6) is -1.89. The predicted molar refractivity (Wildman–Crippen MR) is 41.4 cm³/mol. The largest absolute Gasteiger partial charge is 0.481 e. The second-order valence-corrected chi connectivity index (χ2v) is 3.02. The van der Waals surface area contributed by atoms with Crippen LogP contribution in [0.2, 0.25) is 0 Å². The summed E-state index contributed by atoms with van der Waals surface area (Å²) in [5, 5.41) is 8.32. The highest BCUT2D eigenvalue weighted by molar-refractivity contribution is 6.59. The molecule has 5 heteroatoms. The maximum absolute atomic E-state index is 10.2. The van der Waals surface area contributed by atoms with Gasteiger partial charge in [0.15, 0.2) is 0 Å². The van der Waals surface area contributed by atoms with E-state index in [1.54, 1.807) is 0 Å². The summed E-state index contributed by atoms with van der Waals surface area (Å²) in [5.41, 5.74) is 0. The Hall–Kier alpha value is 0.0800. The van der Waals surface area contributed by atoms with E-state index in [1.165, 1.54) is 6.92 Å². The van der Waals surface area contributed by atoms with Crippen LogP contribution in [0.1, 0.15) is 6.92 Å². The monoisotopic (exact) mass is 202 g/mol. The average molecular weight is 203 g/mol. The fraction of sp³-hybridized carbons (Fsp3) is 0.400. The highest BCUT2D eigenvalue weighted by Gasteiger charge is 2.16. The van der Waals surface area contributed by atoms with Gasteiger partial charge in [-0.05, 0) is 6.92 Å². The summed E-state index contributed by atoms with van der Waals surface area (Å²) in [6.45, 7) is 1.40. The van der Waals surface area contributed by atoms with Gasteiger partial charge in [0.1, 0.15) is 4.49 Å². The summed E-state index contributed by atoms with van der Waals surface area (Å²) in [7, 11) is 0. The van der Waals surface area contributed by atoms with E-state index >= 15 is 0 Å². The Kier molecular flexibility index (Phi) is 4.09. The van der Waals surface area contributed by atoms with Gasteiger partial charge in [0.2, 0.25) is 0 Å². The number of carboxylic acid groups (broad SMARTS) is 1. The van der Waals surface area contributed by atoms with Crippen LogP contribution in [0.4, 0.5) is 0 Å². The Morgan fingerprint density at radius 1 is 1.40 bits per heavy atom. The lowest BCUT2D eigenvalue weighted by Crippen LogP contribution is -2.09. The number of rotatable bonds is 2. The second-order valence-electron chi connectivity index (χ2n) is 1.67. The van der Waals surface area contributed by atoms with Gasteiger partial charge in [0.25, 0.3) is 0 Å². The molecule has 1 unspecified atom stereocenters. The molecular formula is C5H5Cl3O2. The van der Waals surface area contributed by atoms with Gasteiger partial charge < -0.3 is 5.11 Å². The molecule has 0 fully saturated rings. The van der Waals surface area contributed by atoms with Crippen molar-refractivity contribution >= 4 is 40.8 Å². The van der Waals surface area contributed by atoms with Crippen LogP contribution in [-0.2, 0) is 4.79 Å². The fourth-order valence-corrected chi connectivity index (χ4v) is 0.693. The summed E-state index contributed by atoms with van der Waals surface area (Å²) in [4.78, 5) is 10.2. The maximum Gasteiger partial charge on any atom is 0.311 e. The minimum atomic E-state index is -1.05. The number of hydrogen-bond acceptors (Lipinski definition) is 1. The van der Waals surface area contributed by atoms with Gasteiger partial charge in [-0.3, -0.25) is 4.79 Å². The first-order valence-electron chi connectivity index (χ1n) is 2.40. The third-order valence-electron chi connectivity index (χ3n) is 0.931. The molecule has 1 atom stereocenters. The Bertz CT molecular complexity index is 172. The van der Waals surface area contributed by atoms with E-state index in [-0.39, 0.29) is 9.52 Å². The zero-order valence-corrected chi connectivity index (χ0v) is 7.33. The molecule has 0 radical (unpaired) electrons. The van der Waals surface area contributed by atoms with Gasteiger partial charge in [-0.2, -0.15) is 0 Å². The van der Waals surface area contributed by atoms with Gasteiger partial charge in [-0.25, -0.2) is 0 Å². The molecule has 0 amide bonds. The molecule has 0 spiro atoms. The lowest BCUT2D eigenvalue weighted by Gasteiger charge is -2.02. The summed E-state index contributed by atoms with van der Waals surface area (Å²) >= 11 is 15.8.